The summed E-state index contributed by atoms with van der Waals surface area (Å²) in [5.41, 5.74) is 1.18. The fourth-order valence-corrected chi connectivity index (χ4v) is 1.50. The molecule has 0 nitrogen and oxygen atoms in total. The Morgan fingerprint density at radius 2 is 1.85 bits per heavy atom. The largest absolute Gasteiger partial charge is 0.124 e. The smallest absolute Gasteiger partial charge is 0.0452 e. The van der Waals surface area contributed by atoms with Gasteiger partial charge < -0.3 is 0 Å². The molecule has 0 fully saturated rings. The first-order valence-corrected chi connectivity index (χ1v) is 4.77. The standard InChI is InChI=1S/C9H10Cl2.C2H2/c1-2-3-7-4-5-8(10)6-9(7)11;1-2/h4-6H,2-3H2,1H3;1-2H. The first-order chi connectivity index (χ1) is 6.24. The number of aryl methyl sites for hydroxylation is 1. The third-order valence-corrected chi connectivity index (χ3v) is 2.12. The molecule has 0 aliphatic heterocycles. The zero-order valence-corrected chi connectivity index (χ0v) is 9.07. The third kappa shape index (κ3) is 4.22. The molecule has 0 aromatic heterocycles. The molecule has 0 radical (unpaired) electrons. The Balaban J connectivity index is 0.000000671. The van der Waals surface area contributed by atoms with Gasteiger partial charge in [-0.25, -0.2) is 0 Å². The number of terminal acetylenes is 1. The van der Waals surface area contributed by atoms with E-state index in [0.29, 0.717) is 5.02 Å². The SMILES string of the molecule is C#C.CCCc1ccc(Cl)cc1Cl. The van der Waals surface area contributed by atoms with Crippen molar-refractivity contribution >= 4 is 23.2 Å². The van der Waals surface area contributed by atoms with E-state index in [1.54, 1.807) is 6.07 Å². The summed E-state index contributed by atoms with van der Waals surface area (Å²) in [5, 5.41) is 1.48. The Morgan fingerprint density at radius 3 is 2.31 bits per heavy atom. The molecule has 13 heavy (non-hydrogen) atoms. The predicted octanol–water partition coefficient (Wildman–Crippen LogP) is 4.20. The van der Waals surface area contributed by atoms with E-state index in [2.05, 4.69) is 19.8 Å². The van der Waals surface area contributed by atoms with Crippen LogP contribution in [0.3, 0.4) is 0 Å². The lowest BCUT2D eigenvalue weighted by atomic mass is 10.1. The van der Waals surface area contributed by atoms with Crippen molar-refractivity contribution in [2.24, 2.45) is 0 Å². The van der Waals surface area contributed by atoms with Gasteiger partial charge in [0.05, 0.1) is 0 Å². The molecule has 1 aromatic rings. The summed E-state index contributed by atoms with van der Waals surface area (Å²) in [4.78, 5) is 0. The van der Waals surface area contributed by atoms with Crippen LogP contribution in [0.2, 0.25) is 10.0 Å². The second kappa shape index (κ2) is 6.83. The zero-order valence-electron chi connectivity index (χ0n) is 7.56. The molecule has 2 heteroatoms. The van der Waals surface area contributed by atoms with Gasteiger partial charge in [0.25, 0.3) is 0 Å². The molecular formula is C11H12Cl2. The number of halogens is 2. The van der Waals surface area contributed by atoms with Gasteiger partial charge in [0.15, 0.2) is 0 Å². The monoisotopic (exact) mass is 214 g/mol. The van der Waals surface area contributed by atoms with Crippen LogP contribution in [-0.4, -0.2) is 0 Å². The molecular weight excluding hydrogens is 203 g/mol. The molecule has 1 aromatic carbocycles. The van der Waals surface area contributed by atoms with Gasteiger partial charge in [0.2, 0.25) is 0 Å². The Kier molecular flexibility index (Phi) is 6.49. The molecule has 0 saturated heterocycles. The van der Waals surface area contributed by atoms with Gasteiger partial charge in [-0.2, -0.15) is 0 Å². The van der Waals surface area contributed by atoms with Crippen molar-refractivity contribution in [3.8, 4) is 12.8 Å². The lowest BCUT2D eigenvalue weighted by Gasteiger charge is -2.01. The molecule has 0 spiro atoms. The summed E-state index contributed by atoms with van der Waals surface area (Å²) in [7, 11) is 0. The molecule has 0 heterocycles. The summed E-state index contributed by atoms with van der Waals surface area (Å²) < 4.78 is 0. The van der Waals surface area contributed by atoms with Crippen LogP contribution in [0.4, 0.5) is 0 Å². The van der Waals surface area contributed by atoms with Gasteiger partial charge in [-0.15, -0.1) is 12.8 Å². The van der Waals surface area contributed by atoms with Crippen LogP contribution < -0.4 is 0 Å². The van der Waals surface area contributed by atoms with Crippen LogP contribution in [0.5, 0.6) is 0 Å². The second-order valence-corrected chi connectivity index (χ2v) is 3.33. The van der Waals surface area contributed by atoms with Crippen molar-refractivity contribution in [2.75, 3.05) is 0 Å². The molecule has 0 aliphatic carbocycles. The van der Waals surface area contributed by atoms with E-state index in [1.165, 1.54) is 5.56 Å². The highest BCUT2D eigenvalue weighted by Crippen LogP contribution is 2.21. The maximum Gasteiger partial charge on any atom is 0.0452 e. The van der Waals surface area contributed by atoms with E-state index >= 15 is 0 Å². The van der Waals surface area contributed by atoms with Crippen LogP contribution in [0.1, 0.15) is 18.9 Å². The van der Waals surface area contributed by atoms with Gasteiger partial charge >= 0.3 is 0 Å². The van der Waals surface area contributed by atoms with Crippen LogP contribution in [0, 0.1) is 12.8 Å². The van der Waals surface area contributed by atoms with Gasteiger partial charge in [0.1, 0.15) is 0 Å². The molecule has 0 saturated carbocycles. The molecule has 1 rings (SSSR count). The maximum atomic E-state index is 5.92. The molecule has 0 amide bonds. The first-order valence-electron chi connectivity index (χ1n) is 4.01. The summed E-state index contributed by atoms with van der Waals surface area (Å²) >= 11 is 11.7. The van der Waals surface area contributed by atoms with Crippen LogP contribution >= 0.6 is 23.2 Å². The van der Waals surface area contributed by atoms with Crippen LogP contribution in [-0.2, 0) is 6.42 Å². The number of hydrogen-bond donors (Lipinski definition) is 0. The maximum absolute atomic E-state index is 5.92. The number of hydrogen-bond acceptors (Lipinski definition) is 0. The summed E-state index contributed by atoms with van der Waals surface area (Å²) in [6.45, 7) is 2.13. The fraction of sp³-hybridized carbons (Fsp3) is 0.273. The molecule has 0 N–H and O–H groups in total. The average Bonchev–Trinajstić information content (AvgIpc) is 2.14. The van der Waals surface area contributed by atoms with E-state index in [1.807, 2.05) is 12.1 Å². The molecule has 0 unspecified atom stereocenters. The molecule has 0 atom stereocenters. The van der Waals surface area contributed by atoms with E-state index in [-0.39, 0.29) is 0 Å². The summed E-state index contributed by atoms with van der Waals surface area (Å²) in [5.74, 6) is 0. The lowest BCUT2D eigenvalue weighted by molar-refractivity contribution is 0.922. The second-order valence-electron chi connectivity index (χ2n) is 2.49. The zero-order chi connectivity index (χ0) is 10.3. The highest BCUT2D eigenvalue weighted by atomic mass is 35.5. The van der Waals surface area contributed by atoms with Crippen molar-refractivity contribution in [1.82, 2.24) is 0 Å². The topological polar surface area (TPSA) is 0 Å². The minimum atomic E-state index is 0.704. The number of rotatable bonds is 2. The highest BCUT2D eigenvalue weighted by Gasteiger charge is 1.98. The summed E-state index contributed by atoms with van der Waals surface area (Å²) in [6, 6.07) is 5.64. The van der Waals surface area contributed by atoms with E-state index < -0.39 is 0 Å². The minimum absolute atomic E-state index is 0.704. The van der Waals surface area contributed by atoms with Crippen molar-refractivity contribution < 1.29 is 0 Å². The van der Waals surface area contributed by atoms with E-state index in [9.17, 15) is 0 Å². The molecule has 0 aliphatic rings. The molecule has 0 bridgehead atoms. The Bertz CT molecular complexity index is 277. The normalized spacial score (nSPS) is 8.69. The van der Waals surface area contributed by atoms with E-state index in [4.69, 9.17) is 23.2 Å². The Labute approximate surface area is 89.9 Å². The average molecular weight is 215 g/mol. The third-order valence-electron chi connectivity index (χ3n) is 1.53. The van der Waals surface area contributed by atoms with Gasteiger partial charge in [0, 0.05) is 10.0 Å². The van der Waals surface area contributed by atoms with Crippen LogP contribution in [0.15, 0.2) is 18.2 Å². The van der Waals surface area contributed by atoms with Crippen molar-refractivity contribution in [2.45, 2.75) is 19.8 Å². The van der Waals surface area contributed by atoms with Gasteiger partial charge in [-0.3, -0.25) is 0 Å². The fourth-order valence-electron chi connectivity index (χ4n) is 0.994. The Morgan fingerprint density at radius 1 is 1.23 bits per heavy atom. The first kappa shape index (κ1) is 12.4. The van der Waals surface area contributed by atoms with Crippen molar-refractivity contribution in [1.29, 1.82) is 0 Å². The predicted molar refractivity (Wildman–Crippen MR) is 60.3 cm³/mol. The molecule has 70 valence electrons. The van der Waals surface area contributed by atoms with Gasteiger partial charge in [-0.05, 0) is 24.1 Å². The lowest BCUT2D eigenvalue weighted by Crippen LogP contribution is -1.83. The van der Waals surface area contributed by atoms with Gasteiger partial charge in [-0.1, -0.05) is 42.6 Å². The quantitative estimate of drug-likeness (QED) is 0.648. The number of benzene rings is 1. The highest BCUT2D eigenvalue weighted by molar-refractivity contribution is 6.35. The van der Waals surface area contributed by atoms with E-state index in [0.717, 1.165) is 17.9 Å². The summed E-state index contributed by atoms with van der Waals surface area (Å²) in [6.07, 6.45) is 10.1. The van der Waals surface area contributed by atoms with Crippen molar-refractivity contribution in [3.05, 3.63) is 33.8 Å². The minimum Gasteiger partial charge on any atom is -0.124 e. The Hall–Kier alpha value is -0.640. The van der Waals surface area contributed by atoms with Crippen molar-refractivity contribution in [3.63, 3.8) is 0 Å². The van der Waals surface area contributed by atoms with Crippen LogP contribution in [0.25, 0.3) is 0 Å².